The third-order valence-corrected chi connectivity index (χ3v) is 4.44. The Kier molecular flexibility index (Phi) is 12.2. The van der Waals surface area contributed by atoms with Gasteiger partial charge in [-0.2, -0.15) is 0 Å². The molecule has 162 valence electrons. The highest BCUT2D eigenvalue weighted by Gasteiger charge is 2.06. The quantitative estimate of drug-likeness (QED) is 0.215. The minimum absolute atomic E-state index is 0. The Labute approximate surface area is 191 Å². The highest BCUT2D eigenvalue weighted by atomic mass is 127. The lowest BCUT2D eigenvalue weighted by molar-refractivity contribution is 0.281. The van der Waals surface area contributed by atoms with Crippen LogP contribution in [0.1, 0.15) is 25.6 Å². The van der Waals surface area contributed by atoms with E-state index in [0.717, 1.165) is 62.3 Å². The second kappa shape index (κ2) is 14.1. The fourth-order valence-corrected chi connectivity index (χ4v) is 2.77. The van der Waals surface area contributed by atoms with Gasteiger partial charge in [-0.1, -0.05) is 0 Å². The van der Waals surface area contributed by atoms with Gasteiger partial charge in [0.15, 0.2) is 5.96 Å². The number of halogens is 1. The van der Waals surface area contributed by atoms with Crippen molar-refractivity contribution in [1.29, 1.82) is 0 Å². The van der Waals surface area contributed by atoms with Crippen LogP contribution < -0.4 is 14.8 Å². The van der Waals surface area contributed by atoms with E-state index in [0.29, 0.717) is 6.61 Å². The van der Waals surface area contributed by atoms with Gasteiger partial charge in [-0.05, 0) is 51.0 Å². The van der Waals surface area contributed by atoms with Crippen LogP contribution in [0, 0.1) is 6.92 Å². The summed E-state index contributed by atoms with van der Waals surface area (Å²) < 4.78 is 13.1. The first-order valence-electron chi connectivity index (χ1n) is 9.88. The standard InChI is InChI=1S/C21H33N5O2.HI/c1-5-22-21(24-12-6-7-14-26-15-13-23-18(26)2)25(3)16-17-28-20-10-8-19(27-4)9-11-20;/h8-11,13,15H,5-7,12,14,16-17H2,1-4H3,(H,22,24);1H. The normalized spacial score (nSPS) is 11.0. The highest BCUT2D eigenvalue weighted by Crippen LogP contribution is 2.16. The summed E-state index contributed by atoms with van der Waals surface area (Å²) in [6, 6.07) is 7.63. The lowest BCUT2D eigenvalue weighted by atomic mass is 10.3. The maximum absolute atomic E-state index is 5.81. The van der Waals surface area contributed by atoms with Crippen molar-refractivity contribution in [2.45, 2.75) is 33.2 Å². The van der Waals surface area contributed by atoms with Crippen LogP contribution in [0.25, 0.3) is 0 Å². The average Bonchev–Trinajstić information content (AvgIpc) is 3.12. The maximum Gasteiger partial charge on any atom is 0.193 e. The molecular weight excluding hydrogens is 481 g/mol. The number of nitrogens with zero attached hydrogens (tertiary/aromatic N) is 4. The van der Waals surface area contributed by atoms with Crippen molar-refractivity contribution in [3.05, 3.63) is 42.5 Å². The Balaban J connectivity index is 0.00000420. The number of nitrogens with one attached hydrogen (secondary N) is 1. The molecule has 0 amide bonds. The van der Waals surface area contributed by atoms with Crippen LogP contribution in [-0.4, -0.2) is 60.8 Å². The van der Waals surface area contributed by atoms with Crippen molar-refractivity contribution >= 4 is 29.9 Å². The molecule has 1 N–H and O–H groups in total. The van der Waals surface area contributed by atoms with Crippen molar-refractivity contribution in [3.63, 3.8) is 0 Å². The summed E-state index contributed by atoms with van der Waals surface area (Å²) in [4.78, 5) is 11.1. The highest BCUT2D eigenvalue weighted by molar-refractivity contribution is 14.0. The largest absolute Gasteiger partial charge is 0.497 e. The van der Waals surface area contributed by atoms with Gasteiger partial charge in [0.1, 0.15) is 23.9 Å². The third-order valence-electron chi connectivity index (χ3n) is 4.44. The number of aliphatic imine (C=N–C) groups is 1. The van der Waals surface area contributed by atoms with Crippen molar-refractivity contribution < 1.29 is 9.47 Å². The van der Waals surface area contributed by atoms with E-state index in [1.54, 1.807) is 7.11 Å². The molecule has 0 saturated heterocycles. The molecule has 0 radical (unpaired) electrons. The smallest absolute Gasteiger partial charge is 0.193 e. The Morgan fingerprint density at radius 1 is 1.21 bits per heavy atom. The second-order valence-electron chi connectivity index (χ2n) is 6.56. The molecule has 1 heterocycles. The monoisotopic (exact) mass is 515 g/mol. The average molecular weight is 515 g/mol. The number of aromatic nitrogens is 2. The van der Waals surface area contributed by atoms with Gasteiger partial charge in [-0.3, -0.25) is 4.99 Å². The zero-order valence-electron chi connectivity index (χ0n) is 17.9. The zero-order valence-corrected chi connectivity index (χ0v) is 20.3. The number of hydrogen-bond donors (Lipinski definition) is 1. The van der Waals surface area contributed by atoms with Crippen LogP contribution in [0.4, 0.5) is 0 Å². The molecule has 0 saturated carbocycles. The first-order chi connectivity index (χ1) is 13.6. The topological polar surface area (TPSA) is 63.9 Å². The Morgan fingerprint density at radius 3 is 2.55 bits per heavy atom. The molecule has 0 unspecified atom stereocenters. The van der Waals surface area contributed by atoms with Crippen molar-refractivity contribution in [2.24, 2.45) is 4.99 Å². The summed E-state index contributed by atoms with van der Waals surface area (Å²) in [5.74, 6) is 3.65. The minimum atomic E-state index is 0. The lowest BCUT2D eigenvalue weighted by Crippen LogP contribution is -2.41. The van der Waals surface area contributed by atoms with Gasteiger partial charge < -0.3 is 24.3 Å². The molecule has 0 bridgehead atoms. The van der Waals surface area contributed by atoms with E-state index in [1.165, 1.54) is 0 Å². The van der Waals surface area contributed by atoms with E-state index in [2.05, 4.69) is 26.7 Å². The van der Waals surface area contributed by atoms with Gasteiger partial charge in [0, 0.05) is 39.1 Å². The van der Waals surface area contributed by atoms with E-state index >= 15 is 0 Å². The summed E-state index contributed by atoms with van der Waals surface area (Å²) >= 11 is 0. The minimum Gasteiger partial charge on any atom is -0.497 e. The van der Waals surface area contributed by atoms with E-state index in [9.17, 15) is 0 Å². The van der Waals surface area contributed by atoms with Crippen molar-refractivity contribution in [1.82, 2.24) is 19.8 Å². The molecule has 1 aromatic carbocycles. The number of aryl methyl sites for hydroxylation is 2. The molecule has 0 spiro atoms. The molecular formula is C21H34IN5O2. The molecule has 1 aromatic heterocycles. The van der Waals surface area contributed by atoms with Crippen LogP contribution >= 0.6 is 24.0 Å². The second-order valence-corrected chi connectivity index (χ2v) is 6.56. The Morgan fingerprint density at radius 2 is 1.93 bits per heavy atom. The number of unbranched alkanes of at least 4 members (excludes halogenated alkanes) is 1. The summed E-state index contributed by atoms with van der Waals surface area (Å²) in [5.41, 5.74) is 0. The molecule has 0 aliphatic heterocycles. The van der Waals surface area contributed by atoms with E-state index in [-0.39, 0.29) is 24.0 Å². The number of hydrogen-bond acceptors (Lipinski definition) is 4. The number of methoxy groups -OCH3 is 1. The van der Waals surface area contributed by atoms with Crippen molar-refractivity contribution in [3.8, 4) is 11.5 Å². The molecule has 0 fully saturated rings. The Hall–Kier alpha value is -1.97. The van der Waals surface area contributed by atoms with Gasteiger partial charge in [0.05, 0.1) is 13.7 Å². The van der Waals surface area contributed by atoms with Crippen LogP contribution in [0.3, 0.4) is 0 Å². The van der Waals surface area contributed by atoms with E-state index < -0.39 is 0 Å². The summed E-state index contributed by atoms with van der Waals surface area (Å²) in [7, 11) is 3.69. The number of benzene rings is 1. The van der Waals surface area contributed by atoms with Gasteiger partial charge >= 0.3 is 0 Å². The third kappa shape index (κ3) is 8.93. The summed E-state index contributed by atoms with van der Waals surface area (Å²) in [6.07, 6.45) is 6.01. The predicted molar refractivity (Wildman–Crippen MR) is 129 cm³/mol. The lowest BCUT2D eigenvalue weighted by Gasteiger charge is -2.22. The maximum atomic E-state index is 5.81. The van der Waals surface area contributed by atoms with Crippen LogP contribution in [0.2, 0.25) is 0 Å². The number of guanidine groups is 1. The van der Waals surface area contributed by atoms with Crippen LogP contribution in [0.15, 0.2) is 41.7 Å². The predicted octanol–water partition coefficient (Wildman–Crippen LogP) is 3.57. The van der Waals surface area contributed by atoms with Crippen LogP contribution in [-0.2, 0) is 6.54 Å². The number of rotatable bonds is 11. The van der Waals surface area contributed by atoms with Gasteiger partial charge in [-0.15, -0.1) is 24.0 Å². The Bertz CT molecular complexity index is 718. The molecule has 2 aromatic rings. The summed E-state index contributed by atoms with van der Waals surface area (Å²) in [6.45, 7) is 8.10. The number of imidazole rings is 1. The SMILES string of the molecule is CCNC(=NCCCCn1ccnc1C)N(C)CCOc1ccc(OC)cc1.I. The molecule has 7 nitrogen and oxygen atoms in total. The zero-order chi connectivity index (χ0) is 20.2. The molecule has 29 heavy (non-hydrogen) atoms. The fourth-order valence-electron chi connectivity index (χ4n) is 2.77. The molecule has 0 atom stereocenters. The first-order valence-corrected chi connectivity index (χ1v) is 9.88. The fraction of sp³-hybridized carbons (Fsp3) is 0.524. The van der Waals surface area contributed by atoms with E-state index in [1.807, 2.05) is 50.6 Å². The molecule has 8 heteroatoms. The molecule has 2 rings (SSSR count). The van der Waals surface area contributed by atoms with Gasteiger partial charge in [-0.25, -0.2) is 4.98 Å². The van der Waals surface area contributed by atoms with Gasteiger partial charge in [0.25, 0.3) is 0 Å². The first kappa shape index (κ1) is 25.1. The number of ether oxygens (including phenoxy) is 2. The van der Waals surface area contributed by atoms with Crippen LogP contribution in [0.5, 0.6) is 11.5 Å². The number of likely N-dealkylation sites (N-methyl/N-ethyl adjacent to an activating group) is 1. The molecule has 0 aliphatic rings. The van der Waals surface area contributed by atoms with Gasteiger partial charge in [0.2, 0.25) is 0 Å². The summed E-state index contributed by atoms with van der Waals surface area (Å²) in [5, 5.41) is 3.35. The van der Waals surface area contributed by atoms with E-state index in [4.69, 9.17) is 14.5 Å². The van der Waals surface area contributed by atoms with Crippen molar-refractivity contribution in [2.75, 3.05) is 40.4 Å². The molecule has 0 aliphatic carbocycles.